The van der Waals surface area contributed by atoms with E-state index in [0.717, 1.165) is 18.4 Å². The Balaban J connectivity index is 1.28. The first-order valence-corrected chi connectivity index (χ1v) is 10.6. The van der Waals surface area contributed by atoms with Crippen LogP contribution in [-0.2, 0) is 16.1 Å². The molecule has 0 aromatic heterocycles. The predicted octanol–water partition coefficient (Wildman–Crippen LogP) is 1.77. The Hall–Kier alpha value is -2.74. The van der Waals surface area contributed by atoms with E-state index in [-0.39, 0.29) is 24.3 Å². The Labute approximate surface area is 177 Å². The van der Waals surface area contributed by atoms with Crippen LogP contribution in [0.5, 0.6) is 11.5 Å². The van der Waals surface area contributed by atoms with Crippen molar-refractivity contribution in [3.05, 3.63) is 36.2 Å². The average molecular weight is 415 g/mol. The molecule has 1 saturated heterocycles. The Bertz CT molecular complexity index is 827. The smallest absolute Gasteiger partial charge is 0.251 e. The van der Waals surface area contributed by atoms with E-state index in [2.05, 4.69) is 10.7 Å². The summed E-state index contributed by atoms with van der Waals surface area (Å²) in [7, 11) is 3.17. The van der Waals surface area contributed by atoms with E-state index in [1.165, 1.54) is 12.8 Å². The van der Waals surface area contributed by atoms with Crippen molar-refractivity contribution in [2.24, 2.45) is 5.92 Å². The zero-order chi connectivity index (χ0) is 21.1. The largest absolute Gasteiger partial charge is 0.493 e. The van der Waals surface area contributed by atoms with E-state index < -0.39 is 0 Å². The van der Waals surface area contributed by atoms with Gasteiger partial charge in [0.1, 0.15) is 6.04 Å². The monoisotopic (exact) mass is 414 g/mol. The average Bonchev–Trinajstić information content (AvgIpc) is 3.16. The number of benzene rings is 1. The van der Waals surface area contributed by atoms with Gasteiger partial charge in [-0.2, -0.15) is 0 Å². The number of ether oxygens (including phenoxy) is 2. The van der Waals surface area contributed by atoms with Gasteiger partial charge in [0.25, 0.3) is 5.91 Å². The third-order valence-corrected chi connectivity index (χ3v) is 6.30. The summed E-state index contributed by atoms with van der Waals surface area (Å²) in [5, 5.41) is 4.88. The van der Waals surface area contributed by atoms with E-state index in [4.69, 9.17) is 9.47 Å². The summed E-state index contributed by atoms with van der Waals surface area (Å²) < 4.78 is 10.5. The van der Waals surface area contributed by atoms with Crippen LogP contribution in [-0.4, -0.2) is 54.6 Å². The third-order valence-electron chi connectivity index (χ3n) is 6.30. The summed E-state index contributed by atoms with van der Waals surface area (Å²) >= 11 is 0. The van der Waals surface area contributed by atoms with Gasteiger partial charge in [0.15, 0.2) is 11.5 Å². The highest BCUT2D eigenvalue weighted by atomic mass is 16.5. The van der Waals surface area contributed by atoms with E-state index in [1.807, 2.05) is 29.4 Å². The van der Waals surface area contributed by atoms with Gasteiger partial charge in [-0.15, -0.1) is 0 Å². The molecule has 0 spiro atoms. The maximum absolute atomic E-state index is 13.0. The van der Waals surface area contributed by atoms with Gasteiger partial charge >= 0.3 is 0 Å². The van der Waals surface area contributed by atoms with Crippen molar-refractivity contribution < 1.29 is 19.1 Å². The van der Waals surface area contributed by atoms with Crippen molar-refractivity contribution >= 4 is 11.8 Å². The first kappa shape index (κ1) is 20.5. The van der Waals surface area contributed by atoms with Crippen molar-refractivity contribution in [2.75, 3.05) is 20.8 Å². The van der Waals surface area contributed by atoms with Crippen LogP contribution in [0.2, 0.25) is 0 Å². The molecule has 3 atom stereocenters. The van der Waals surface area contributed by atoms with Crippen LogP contribution in [0.4, 0.5) is 0 Å². The highest BCUT2D eigenvalue weighted by Gasteiger charge is 2.47. The summed E-state index contributed by atoms with van der Waals surface area (Å²) in [6.07, 6.45) is 8.59. The number of methoxy groups -OCH3 is 2. The second-order valence-electron chi connectivity index (χ2n) is 8.08. The topological polar surface area (TPSA) is 83.1 Å². The first-order chi connectivity index (χ1) is 14.6. The second-order valence-corrected chi connectivity index (χ2v) is 8.08. The summed E-state index contributed by atoms with van der Waals surface area (Å²) in [5.74, 6) is 1.64. The number of nitrogens with one attached hydrogen (secondary N) is 2. The molecule has 1 aromatic rings. The summed E-state index contributed by atoms with van der Waals surface area (Å²) in [6.45, 7) is 0.780. The number of fused-ring (bicyclic) bond motifs is 3. The van der Waals surface area contributed by atoms with Crippen LogP contribution < -0.4 is 20.2 Å². The molecule has 8 nitrogen and oxygen atoms in total. The lowest BCUT2D eigenvalue weighted by Gasteiger charge is -2.34. The van der Waals surface area contributed by atoms with Gasteiger partial charge in [0.05, 0.1) is 14.2 Å². The van der Waals surface area contributed by atoms with Gasteiger partial charge in [-0.25, -0.2) is 5.43 Å². The number of carbonyl (C=O) groups is 2. The third kappa shape index (κ3) is 4.09. The van der Waals surface area contributed by atoms with Gasteiger partial charge in [-0.3, -0.25) is 9.59 Å². The Kier molecular flexibility index (Phi) is 6.13. The van der Waals surface area contributed by atoms with Crippen LogP contribution in [0.3, 0.4) is 0 Å². The molecule has 1 saturated carbocycles. The fourth-order valence-corrected chi connectivity index (χ4v) is 4.70. The molecule has 3 unspecified atom stereocenters. The van der Waals surface area contributed by atoms with E-state index in [9.17, 15) is 9.59 Å². The molecule has 2 heterocycles. The fourth-order valence-electron chi connectivity index (χ4n) is 4.70. The van der Waals surface area contributed by atoms with Crippen molar-refractivity contribution in [1.29, 1.82) is 0 Å². The summed E-state index contributed by atoms with van der Waals surface area (Å²) in [6, 6.07) is 5.80. The minimum atomic E-state index is -0.143. The molecule has 2 N–H and O–H groups in total. The molecule has 2 fully saturated rings. The van der Waals surface area contributed by atoms with E-state index in [0.29, 0.717) is 36.5 Å². The Morgan fingerprint density at radius 1 is 1.17 bits per heavy atom. The van der Waals surface area contributed by atoms with Crippen molar-refractivity contribution in [3.8, 4) is 11.5 Å². The summed E-state index contributed by atoms with van der Waals surface area (Å²) in [4.78, 5) is 27.1. The lowest BCUT2D eigenvalue weighted by Crippen LogP contribution is -2.50. The highest BCUT2D eigenvalue weighted by Crippen LogP contribution is 2.36. The number of amides is 2. The Morgan fingerprint density at radius 3 is 2.77 bits per heavy atom. The SMILES string of the molecule is COc1ccc(CNC(=O)CCN2C=CN3NC4CCCCC4C3C2=O)cc1OC. The first-order valence-electron chi connectivity index (χ1n) is 10.6. The number of hydrogen-bond donors (Lipinski definition) is 2. The molecule has 2 amide bonds. The summed E-state index contributed by atoms with van der Waals surface area (Å²) in [5.41, 5.74) is 4.39. The zero-order valence-electron chi connectivity index (χ0n) is 17.6. The number of rotatable bonds is 7. The van der Waals surface area contributed by atoms with Gasteiger partial charge in [-0.1, -0.05) is 18.9 Å². The molecule has 30 heavy (non-hydrogen) atoms. The van der Waals surface area contributed by atoms with E-state index >= 15 is 0 Å². The van der Waals surface area contributed by atoms with Crippen LogP contribution >= 0.6 is 0 Å². The maximum atomic E-state index is 13.0. The van der Waals surface area contributed by atoms with Crippen molar-refractivity contribution in [2.45, 2.75) is 50.7 Å². The zero-order valence-corrected chi connectivity index (χ0v) is 17.6. The predicted molar refractivity (Wildman–Crippen MR) is 111 cm³/mol. The Morgan fingerprint density at radius 2 is 1.97 bits per heavy atom. The molecule has 4 rings (SSSR count). The number of hydrazine groups is 1. The van der Waals surface area contributed by atoms with Gasteiger partial charge in [0.2, 0.25) is 5.91 Å². The van der Waals surface area contributed by atoms with Crippen molar-refractivity contribution in [1.82, 2.24) is 20.7 Å². The normalized spacial score (nSPS) is 25.0. The van der Waals surface area contributed by atoms with Gasteiger partial charge in [0, 0.05) is 43.9 Å². The lowest BCUT2D eigenvalue weighted by atomic mass is 9.81. The molecule has 0 bridgehead atoms. The molecule has 1 aromatic carbocycles. The fraction of sp³-hybridized carbons (Fsp3) is 0.545. The van der Waals surface area contributed by atoms with Crippen LogP contribution in [0.15, 0.2) is 30.6 Å². The molecule has 1 aliphatic carbocycles. The number of nitrogens with zero attached hydrogens (tertiary/aromatic N) is 2. The van der Waals surface area contributed by atoms with Crippen LogP contribution in [0, 0.1) is 5.92 Å². The number of hydrogen-bond acceptors (Lipinski definition) is 6. The van der Waals surface area contributed by atoms with Gasteiger partial charge in [-0.05, 0) is 30.5 Å². The molecular formula is C22H30N4O4. The standard InChI is InChI=1S/C22H30N4O4/c1-29-18-8-7-15(13-19(18)30-2)14-23-20(27)9-10-25-11-12-26-21(22(25)28)16-5-3-4-6-17(16)24-26/h7-8,11-13,16-17,21,24H,3-6,9-10,14H2,1-2H3,(H,23,27). The maximum Gasteiger partial charge on any atom is 0.251 e. The number of carbonyl (C=O) groups excluding carboxylic acids is 2. The van der Waals surface area contributed by atoms with Crippen LogP contribution in [0.1, 0.15) is 37.7 Å². The molecule has 3 aliphatic rings. The minimum absolute atomic E-state index is 0.0893. The lowest BCUT2D eigenvalue weighted by molar-refractivity contribution is -0.136. The molecule has 162 valence electrons. The molecule has 8 heteroatoms. The quantitative estimate of drug-likeness (QED) is 0.708. The van der Waals surface area contributed by atoms with E-state index in [1.54, 1.807) is 25.3 Å². The van der Waals surface area contributed by atoms with Gasteiger partial charge < -0.3 is 24.7 Å². The van der Waals surface area contributed by atoms with Crippen LogP contribution in [0.25, 0.3) is 0 Å². The second kappa shape index (κ2) is 8.95. The molecule has 2 aliphatic heterocycles. The minimum Gasteiger partial charge on any atom is -0.493 e. The van der Waals surface area contributed by atoms with Crippen molar-refractivity contribution in [3.63, 3.8) is 0 Å². The highest BCUT2D eigenvalue weighted by molar-refractivity contribution is 5.85. The molecular weight excluding hydrogens is 384 g/mol. The molecule has 0 radical (unpaired) electrons.